The first-order valence-corrected chi connectivity index (χ1v) is 9.84. The second-order valence-corrected chi connectivity index (χ2v) is 8.90. The first-order valence-electron chi connectivity index (χ1n) is 8.29. The minimum Gasteiger partial charge on any atom is -0.361 e. The predicted molar refractivity (Wildman–Crippen MR) is 81.9 cm³/mol. The van der Waals surface area contributed by atoms with E-state index in [1.807, 2.05) is 0 Å². The van der Waals surface area contributed by atoms with Crippen LogP contribution in [0.5, 0.6) is 0 Å². The molecule has 6 nitrogen and oxygen atoms in total. The monoisotopic (exact) mass is 325 g/mol. The van der Waals surface area contributed by atoms with Gasteiger partial charge in [-0.05, 0) is 38.5 Å². The normalized spacial score (nSPS) is 24.7. The molecule has 2 saturated carbocycles. The van der Waals surface area contributed by atoms with E-state index in [9.17, 15) is 8.42 Å². The molecule has 2 heterocycles. The molecule has 1 aromatic rings. The first kappa shape index (κ1) is 14.7. The third-order valence-corrected chi connectivity index (χ3v) is 6.84. The molecule has 0 spiro atoms. The maximum absolute atomic E-state index is 12.0. The summed E-state index contributed by atoms with van der Waals surface area (Å²) in [4.78, 5) is 2.33. The Labute approximate surface area is 131 Å². The zero-order valence-electron chi connectivity index (χ0n) is 12.7. The molecule has 4 rings (SSSR count). The fourth-order valence-electron chi connectivity index (χ4n) is 3.11. The summed E-state index contributed by atoms with van der Waals surface area (Å²) >= 11 is 0. The van der Waals surface area contributed by atoms with Gasteiger partial charge in [-0.3, -0.25) is 4.90 Å². The van der Waals surface area contributed by atoms with Crippen molar-refractivity contribution in [3.63, 3.8) is 0 Å². The van der Waals surface area contributed by atoms with Crippen molar-refractivity contribution in [1.82, 2.24) is 14.8 Å². The minimum atomic E-state index is -3.06. The Morgan fingerprint density at radius 1 is 1.18 bits per heavy atom. The Morgan fingerprint density at radius 3 is 2.55 bits per heavy atom. The van der Waals surface area contributed by atoms with Gasteiger partial charge in [0, 0.05) is 37.7 Å². The maximum atomic E-state index is 12.0. The number of rotatable bonds is 6. The summed E-state index contributed by atoms with van der Waals surface area (Å²) in [5.41, 5.74) is 0.999. The maximum Gasteiger partial charge on any atom is 0.214 e. The van der Waals surface area contributed by atoms with Gasteiger partial charge in [-0.15, -0.1) is 0 Å². The zero-order chi connectivity index (χ0) is 15.2. The van der Waals surface area contributed by atoms with Gasteiger partial charge < -0.3 is 4.52 Å². The van der Waals surface area contributed by atoms with Crippen LogP contribution in [0.15, 0.2) is 10.6 Å². The molecule has 3 fully saturated rings. The van der Waals surface area contributed by atoms with Gasteiger partial charge in [0.2, 0.25) is 10.0 Å². The lowest BCUT2D eigenvalue weighted by atomic mass is 10.1. The first-order chi connectivity index (χ1) is 10.6. The van der Waals surface area contributed by atoms with Gasteiger partial charge in [-0.2, -0.15) is 0 Å². The molecule has 3 aliphatic rings. The van der Waals surface area contributed by atoms with Crippen LogP contribution < -0.4 is 4.72 Å². The van der Waals surface area contributed by atoms with Crippen LogP contribution in [0.25, 0.3) is 0 Å². The van der Waals surface area contributed by atoms with Crippen molar-refractivity contribution in [3.8, 4) is 0 Å². The highest BCUT2D eigenvalue weighted by atomic mass is 32.2. The zero-order valence-corrected chi connectivity index (χ0v) is 13.5. The molecule has 22 heavy (non-hydrogen) atoms. The molecule has 0 aromatic carbocycles. The van der Waals surface area contributed by atoms with Crippen molar-refractivity contribution in [2.45, 2.75) is 62.3 Å². The van der Waals surface area contributed by atoms with Crippen molar-refractivity contribution < 1.29 is 12.9 Å². The molecule has 0 radical (unpaired) electrons. The molecule has 0 unspecified atom stereocenters. The fraction of sp³-hybridized carbons (Fsp3) is 0.800. The summed E-state index contributed by atoms with van der Waals surface area (Å²) in [6.07, 6.45) is 5.84. The average molecular weight is 325 g/mol. The third kappa shape index (κ3) is 3.36. The number of piperidine rings is 1. The van der Waals surface area contributed by atoms with Crippen LogP contribution in [-0.2, 0) is 16.6 Å². The predicted octanol–water partition coefficient (Wildman–Crippen LogP) is 1.60. The molecule has 2 aliphatic carbocycles. The summed E-state index contributed by atoms with van der Waals surface area (Å²) in [5.74, 6) is 1.63. The number of likely N-dealkylation sites (tertiary alicyclic amines) is 1. The van der Waals surface area contributed by atoms with Crippen molar-refractivity contribution in [2.24, 2.45) is 0 Å². The molecule has 1 N–H and O–H groups in total. The minimum absolute atomic E-state index is 0.0983. The van der Waals surface area contributed by atoms with Crippen molar-refractivity contribution >= 4 is 10.0 Å². The van der Waals surface area contributed by atoms with E-state index in [0.717, 1.165) is 56.8 Å². The summed E-state index contributed by atoms with van der Waals surface area (Å²) in [6.45, 7) is 2.62. The Kier molecular flexibility index (Phi) is 3.74. The highest BCUT2D eigenvalue weighted by Crippen LogP contribution is 2.40. The topological polar surface area (TPSA) is 75.4 Å². The molecule has 1 saturated heterocycles. The number of nitrogens with one attached hydrogen (secondary N) is 1. The molecule has 1 aliphatic heterocycles. The second-order valence-electron chi connectivity index (χ2n) is 6.91. The van der Waals surface area contributed by atoms with E-state index in [2.05, 4.69) is 20.8 Å². The van der Waals surface area contributed by atoms with Crippen LogP contribution in [0.3, 0.4) is 0 Å². The molecule has 0 amide bonds. The van der Waals surface area contributed by atoms with E-state index >= 15 is 0 Å². The van der Waals surface area contributed by atoms with Crippen LogP contribution in [-0.4, -0.2) is 42.9 Å². The quantitative estimate of drug-likeness (QED) is 0.860. The molecule has 1 aromatic heterocycles. The summed E-state index contributed by atoms with van der Waals surface area (Å²) in [5, 5.41) is 4.03. The molecule has 7 heteroatoms. The fourth-order valence-corrected chi connectivity index (χ4v) is 4.76. The number of sulfonamides is 1. The van der Waals surface area contributed by atoms with E-state index in [0.29, 0.717) is 5.92 Å². The smallest absolute Gasteiger partial charge is 0.214 e. The summed E-state index contributed by atoms with van der Waals surface area (Å²) < 4.78 is 32.2. The van der Waals surface area contributed by atoms with Gasteiger partial charge in [-0.1, -0.05) is 5.16 Å². The Hall–Kier alpha value is -0.920. The number of hydrogen-bond acceptors (Lipinski definition) is 5. The number of nitrogens with zero attached hydrogens (tertiary/aromatic N) is 2. The lowest BCUT2D eigenvalue weighted by Gasteiger charge is -2.31. The van der Waals surface area contributed by atoms with E-state index in [1.54, 1.807) is 0 Å². The van der Waals surface area contributed by atoms with Gasteiger partial charge in [0.25, 0.3) is 0 Å². The summed E-state index contributed by atoms with van der Waals surface area (Å²) in [7, 11) is -3.06. The van der Waals surface area contributed by atoms with Gasteiger partial charge in [0.05, 0.1) is 10.9 Å². The van der Waals surface area contributed by atoms with Gasteiger partial charge in [0.15, 0.2) is 0 Å². The highest BCUT2D eigenvalue weighted by molar-refractivity contribution is 7.90. The van der Waals surface area contributed by atoms with E-state index in [4.69, 9.17) is 4.52 Å². The Balaban J connectivity index is 1.26. The highest BCUT2D eigenvalue weighted by Gasteiger charge is 2.37. The van der Waals surface area contributed by atoms with Crippen molar-refractivity contribution in [1.29, 1.82) is 0 Å². The molecular formula is C15H23N3O3S. The van der Waals surface area contributed by atoms with E-state index < -0.39 is 10.0 Å². The third-order valence-electron chi connectivity index (χ3n) is 4.82. The molecular weight excluding hydrogens is 302 g/mol. The van der Waals surface area contributed by atoms with Crippen LogP contribution in [0.2, 0.25) is 0 Å². The molecule has 0 bridgehead atoms. The molecule has 0 atom stereocenters. The van der Waals surface area contributed by atoms with Crippen LogP contribution >= 0.6 is 0 Å². The van der Waals surface area contributed by atoms with Crippen molar-refractivity contribution in [2.75, 3.05) is 13.1 Å². The van der Waals surface area contributed by atoms with Gasteiger partial charge in [0.1, 0.15) is 5.76 Å². The second kappa shape index (κ2) is 5.62. The molecule has 122 valence electrons. The number of aromatic nitrogens is 1. The van der Waals surface area contributed by atoms with Crippen molar-refractivity contribution in [3.05, 3.63) is 17.5 Å². The Bertz CT molecular complexity index is 626. The lowest BCUT2D eigenvalue weighted by Crippen LogP contribution is -2.45. The van der Waals surface area contributed by atoms with Crippen LogP contribution in [0.4, 0.5) is 0 Å². The van der Waals surface area contributed by atoms with Gasteiger partial charge in [-0.25, -0.2) is 13.1 Å². The van der Waals surface area contributed by atoms with Crippen LogP contribution in [0.1, 0.15) is 55.9 Å². The van der Waals surface area contributed by atoms with Gasteiger partial charge >= 0.3 is 0 Å². The average Bonchev–Trinajstić information content (AvgIpc) is 3.39. The SMILES string of the molecule is O=S(=O)(NC1CCN(Cc2cc(C3CC3)on2)CC1)C1CC1. The standard InChI is InChI=1S/C15H23N3O3S/c19-22(20,14-3-4-14)17-12-5-7-18(8-6-12)10-13-9-15(21-16-13)11-1-2-11/h9,11-12,14,17H,1-8,10H2. The largest absolute Gasteiger partial charge is 0.361 e. The van der Waals surface area contributed by atoms with E-state index in [-0.39, 0.29) is 11.3 Å². The lowest BCUT2D eigenvalue weighted by molar-refractivity contribution is 0.195. The Morgan fingerprint density at radius 2 is 1.91 bits per heavy atom. The number of hydrogen-bond donors (Lipinski definition) is 1. The van der Waals surface area contributed by atoms with Crippen LogP contribution in [0, 0.1) is 0 Å². The van der Waals surface area contributed by atoms with E-state index in [1.165, 1.54) is 12.8 Å². The summed E-state index contributed by atoms with van der Waals surface area (Å²) in [6, 6.07) is 2.18.